The molecule has 3 aromatic carbocycles. The fourth-order valence-corrected chi connectivity index (χ4v) is 3.18. The zero-order chi connectivity index (χ0) is 17.8. The van der Waals surface area contributed by atoms with Crippen molar-refractivity contribution in [1.82, 2.24) is 9.80 Å². The quantitative estimate of drug-likeness (QED) is 0.702. The molecular formula is C22H24N2O. The predicted molar refractivity (Wildman–Crippen MR) is 103 cm³/mol. The summed E-state index contributed by atoms with van der Waals surface area (Å²) in [7, 11) is 5.62. The molecule has 1 unspecified atom stereocenters. The molecule has 0 bridgehead atoms. The zero-order valence-electron chi connectivity index (χ0n) is 15.0. The van der Waals surface area contributed by atoms with Gasteiger partial charge in [-0.1, -0.05) is 66.7 Å². The molecule has 128 valence electrons. The average molecular weight is 332 g/mol. The molecular weight excluding hydrogens is 308 g/mol. The summed E-state index contributed by atoms with van der Waals surface area (Å²) in [5.41, 5.74) is 2.22. The lowest BCUT2D eigenvalue weighted by molar-refractivity contribution is -0.134. The number of nitrogens with zero attached hydrogens (tertiary/aromatic N) is 2. The number of likely N-dealkylation sites (N-methyl/N-ethyl adjacent to an activating group) is 2. The third kappa shape index (κ3) is 3.89. The lowest BCUT2D eigenvalue weighted by Gasteiger charge is -2.29. The molecule has 3 aromatic rings. The molecule has 0 aliphatic carbocycles. The van der Waals surface area contributed by atoms with Crippen LogP contribution in [0.4, 0.5) is 0 Å². The van der Waals surface area contributed by atoms with Crippen molar-refractivity contribution < 1.29 is 4.79 Å². The van der Waals surface area contributed by atoms with Crippen molar-refractivity contribution in [3.63, 3.8) is 0 Å². The van der Waals surface area contributed by atoms with E-state index in [-0.39, 0.29) is 11.9 Å². The first kappa shape index (κ1) is 17.2. The molecule has 0 radical (unpaired) electrons. The molecule has 3 heteroatoms. The zero-order valence-corrected chi connectivity index (χ0v) is 15.0. The lowest BCUT2D eigenvalue weighted by atomic mass is 10.0. The van der Waals surface area contributed by atoms with Gasteiger partial charge in [0.1, 0.15) is 6.04 Å². The summed E-state index contributed by atoms with van der Waals surface area (Å²) in [5.74, 6) is 0.0921. The van der Waals surface area contributed by atoms with E-state index in [0.29, 0.717) is 6.54 Å². The maximum atomic E-state index is 12.8. The second-order valence-electron chi connectivity index (χ2n) is 6.64. The van der Waals surface area contributed by atoms with Gasteiger partial charge in [-0.05, 0) is 35.0 Å². The average Bonchev–Trinajstić information content (AvgIpc) is 2.62. The first-order valence-corrected chi connectivity index (χ1v) is 8.50. The van der Waals surface area contributed by atoms with E-state index < -0.39 is 0 Å². The minimum atomic E-state index is -0.289. The van der Waals surface area contributed by atoms with E-state index in [1.54, 1.807) is 4.90 Å². The van der Waals surface area contributed by atoms with Gasteiger partial charge in [-0.25, -0.2) is 0 Å². The van der Waals surface area contributed by atoms with Crippen molar-refractivity contribution in [2.75, 3.05) is 21.1 Å². The van der Waals surface area contributed by atoms with Gasteiger partial charge in [-0.2, -0.15) is 0 Å². The maximum Gasteiger partial charge on any atom is 0.244 e. The van der Waals surface area contributed by atoms with Crippen LogP contribution in [0.5, 0.6) is 0 Å². The van der Waals surface area contributed by atoms with Crippen LogP contribution in [-0.2, 0) is 11.3 Å². The Balaban J connectivity index is 1.88. The van der Waals surface area contributed by atoms with E-state index in [1.807, 2.05) is 51.5 Å². The molecule has 0 heterocycles. The van der Waals surface area contributed by atoms with Gasteiger partial charge in [0.25, 0.3) is 0 Å². The highest BCUT2D eigenvalue weighted by atomic mass is 16.2. The van der Waals surface area contributed by atoms with Crippen molar-refractivity contribution in [2.45, 2.75) is 12.6 Å². The largest absolute Gasteiger partial charge is 0.347 e. The first-order chi connectivity index (χ1) is 12.1. The third-order valence-electron chi connectivity index (χ3n) is 4.48. The number of carbonyl (C=O) groups excluding carboxylic acids is 1. The van der Waals surface area contributed by atoms with Gasteiger partial charge < -0.3 is 4.90 Å². The van der Waals surface area contributed by atoms with Crippen LogP contribution in [0.25, 0.3) is 10.8 Å². The SMILES string of the molecule is CN(C)C(=O)C(c1ccccc1)N(C)Cc1ccc2ccccc2c1. The third-order valence-corrected chi connectivity index (χ3v) is 4.48. The van der Waals surface area contributed by atoms with Crippen LogP contribution in [0.2, 0.25) is 0 Å². The van der Waals surface area contributed by atoms with E-state index in [1.165, 1.54) is 16.3 Å². The summed E-state index contributed by atoms with van der Waals surface area (Å²) in [6.45, 7) is 0.712. The number of benzene rings is 3. The number of fused-ring (bicyclic) bond motifs is 1. The fourth-order valence-electron chi connectivity index (χ4n) is 3.18. The number of rotatable bonds is 5. The van der Waals surface area contributed by atoms with Crippen molar-refractivity contribution in [2.24, 2.45) is 0 Å². The van der Waals surface area contributed by atoms with E-state index in [4.69, 9.17) is 0 Å². The molecule has 0 aromatic heterocycles. The molecule has 0 aliphatic heterocycles. The molecule has 0 N–H and O–H groups in total. The molecule has 25 heavy (non-hydrogen) atoms. The first-order valence-electron chi connectivity index (χ1n) is 8.50. The topological polar surface area (TPSA) is 23.6 Å². The Morgan fingerprint density at radius 2 is 1.48 bits per heavy atom. The highest BCUT2D eigenvalue weighted by molar-refractivity contribution is 5.84. The van der Waals surface area contributed by atoms with Gasteiger partial charge in [0, 0.05) is 20.6 Å². The molecule has 1 amide bonds. The van der Waals surface area contributed by atoms with Gasteiger partial charge in [0.15, 0.2) is 0 Å². The monoisotopic (exact) mass is 332 g/mol. The normalized spacial score (nSPS) is 12.3. The number of hydrogen-bond donors (Lipinski definition) is 0. The smallest absolute Gasteiger partial charge is 0.244 e. The Bertz CT molecular complexity index is 858. The van der Waals surface area contributed by atoms with Crippen LogP contribution >= 0.6 is 0 Å². The summed E-state index contributed by atoms with van der Waals surface area (Å²) in [6, 6.07) is 24.5. The Hall–Kier alpha value is -2.65. The molecule has 0 saturated carbocycles. The Labute approximate surface area is 149 Å². The van der Waals surface area contributed by atoms with E-state index in [9.17, 15) is 4.79 Å². The minimum Gasteiger partial charge on any atom is -0.347 e. The predicted octanol–water partition coefficient (Wildman–Crippen LogP) is 4.10. The van der Waals surface area contributed by atoms with E-state index >= 15 is 0 Å². The molecule has 3 nitrogen and oxygen atoms in total. The second kappa shape index (κ2) is 7.49. The van der Waals surface area contributed by atoms with Gasteiger partial charge >= 0.3 is 0 Å². The second-order valence-corrected chi connectivity index (χ2v) is 6.64. The van der Waals surface area contributed by atoms with Gasteiger partial charge in [0.05, 0.1) is 0 Å². The molecule has 0 saturated heterocycles. The molecule has 3 rings (SSSR count). The molecule has 0 aliphatic rings. The molecule has 0 fully saturated rings. The summed E-state index contributed by atoms with van der Waals surface area (Å²) in [6.07, 6.45) is 0. The Morgan fingerprint density at radius 1 is 0.840 bits per heavy atom. The van der Waals surface area contributed by atoms with Crippen LogP contribution in [-0.4, -0.2) is 36.9 Å². The maximum absolute atomic E-state index is 12.8. The summed E-state index contributed by atoms with van der Waals surface area (Å²) >= 11 is 0. The van der Waals surface area contributed by atoms with Crippen LogP contribution < -0.4 is 0 Å². The van der Waals surface area contributed by atoms with Gasteiger partial charge in [-0.3, -0.25) is 9.69 Å². The Morgan fingerprint density at radius 3 is 2.16 bits per heavy atom. The minimum absolute atomic E-state index is 0.0921. The number of carbonyl (C=O) groups is 1. The summed E-state index contributed by atoms with van der Waals surface area (Å²) in [5, 5.41) is 2.46. The van der Waals surface area contributed by atoms with Crippen LogP contribution in [0.1, 0.15) is 17.2 Å². The summed E-state index contributed by atoms with van der Waals surface area (Å²) in [4.78, 5) is 16.5. The van der Waals surface area contributed by atoms with Gasteiger partial charge in [0.2, 0.25) is 5.91 Å². The van der Waals surface area contributed by atoms with Crippen molar-refractivity contribution in [1.29, 1.82) is 0 Å². The molecule has 1 atom stereocenters. The fraction of sp³-hybridized carbons (Fsp3) is 0.227. The summed E-state index contributed by atoms with van der Waals surface area (Å²) < 4.78 is 0. The van der Waals surface area contributed by atoms with E-state index in [0.717, 1.165) is 5.56 Å². The van der Waals surface area contributed by atoms with Crippen molar-refractivity contribution in [3.8, 4) is 0 Å². The standard InChI is InChI=1S/C22H24N2O/c1-23(2)22(25)21(19-10-5-4-6-11-19)24(3)16-17-13-14-18-9-7-8-12-20(18)15-17/h4-15,21H,16H2,1-3H3. The van der Waals surface area contributed by atoms with Crippen molar-refractivity contribution >= 4 is 16.7 Å². The van der Waals surface area contributed by atoms with Crippen LogP contribution in [0.15, 0.2) is 72.8 Å². The van der Waals surface area contributed by atoms with Crippen molar-refractivity contribution in [3.05, 3.63) is 83.9 Å². The highest BCUT2D eigenvalue weighted by Crippen LogP contribution is 2.24. The lowest BCUT2D eigenvalue weighted by Crippen LogP contribution is -2.37. The highest BCUT2D eigenvalue weighted by Gasteiger charge is 2.26. The van der Waals surface area contributed by atoms with E-state index in [2.05, 4.69) is 47.4 Å². The molecule has 0 spiro atoms. The number of hydrogen-bond acceptors (Lipinski definition) is 2. The van der Waals surface area contributed by atoms with Crippen LogP contribution in [0.3, 0.4) is 0 Å². The number of amides is 1. The Kier molecular flexibility index (Phi) is 5.15. The van der Waals surface area contributed by atoms with Crippen LogP contribution in [0, 0.1) is 0 Å². The van der Waals surface area contributed by atoms with Gasteiger partial charge in [-0.15, -0.1) is 0 Å².